The van der Waals surface area contributed by atoms with Crippen molar-refractivity contribution >= 4 is 29.4 Å². The van der Waals surface area contributed by atoms with E-state index in [1.165, 1.54) is 0 Å². The number of ether oxygens (including phenoxy) is 1. The van der Waals surface area contributed by atoms with Crippen LogP contribution in [0.3, 0.4) is 0 Å². The molecule has 0 N–H and O–H groups in total. The average Bonchev–Trinajstić information content (AvgIpc) is 3.31. The number of nitrogens with zero attached hydrogens (tertiary/aromatic N) is 4. The maximum atomic E-state index is 13.9. The first-order valence-electron chi connectivity index (χ1n) is 13.6. The van der Waals surface area contributed by atoms with E-state index < -0.39 is 0 Å². The minimum atomic E-state index is -0.142. The second kappa shape index (κ2) is 11.3. The summed E-state index contributed by atoms with van der Waals surface area (Å²) in [6.45, 7) is 6.18. The first-order chi connectivity index (χ1) is 19.5. The Labute approximate surface area is 238 Å². The van der Waals surface area contributed by atoms with Crippen LogP contribution in [0, 0.1) is 13.8 Å². The standard InChI is InChI=1S/C32H32N4O3S/c1-22-10-6-8-14-25(22)31-29-30(24-12-4-3-5-13-24)33-36(26-15-9-7-11-23(26)2)32(29)35(28(38)21-40-31)20-27(37)34-16-18-39-19-17-34/h3-15,31H,16-21H2,1-2H3. The van der Waals surface area contributed by atoms with Crippen LogP contribution in [-0.4, -0.2) is 65.1 Å². The Hall–Kier alpha value is -3.88. The predicted molar refractivity (Wildman–Crippen MR) is 159 cm³/mol. The van der Waals surface area contributed by atoms with Crippen molar-refractivity contribution in [3.05, 3.63) is 101 Å². The van der Waals surface area contributed by atoms with Crippen LogP contribution in [0.15, 0.2) is 78.9 Å². The number of fused-ring (bicyclic) bond motifs is 1. The Balaban J connectivity index is 1.61. The van der Waals surface area contributed by atoms with Gasteiger partial charge in [-0.15, -0.1) is 11.8 Å². The molecule has 0 saturated carbocycles. The third-order valence-electron chi connectivity index (χ3n) is 7.61. The fourth-order valence-electron chi connectivity index (χ4n) is 5.47. The number of hydrogen-bond acceptors (Lipinski definition) is 5. The molecule has 1 saturated heterocycles. The van der Waals surface area contributed by atoms with Crippen molar-refractivity contribution in [3.63, 3.8) is 0 Å². The molecule has 1 atom stereocenters. The maximum Gasteiger partial charge on any atom is 0.242 e. The van der Waals surface area contributed by atoms with Crippen molar-refractivity contribution in [1.29, 1.82) is 0 Å². The summed E-state index contributed by atoms with van der Waals surface area (Å²) in [6.07, 6.45) is 0. The van der Waals surface area contributed by atoms with Gasteiger partial charge in [-0.1, -0.05) is 72.8 Å². The number of para-hydroxylation sites is 1. The molecule has 0 radical (unpaired) electrons. The molecule has 8 heteroatoms. The molecule has 0 spiro atoms. The van der Waals surface area contributed by atoms with Crippen molar-refractivity contribution in [2.75, 3.05) is 43.5 Å². The maximum absolute atomic E-state index is 13.9. The van der Waals surface area contributed by atoms with E-state index >= 15 is 0 Å². The second-order valence-corrected chi connectivity index (χ2v) is 11.3. The van der Waals surface area contributed by atoms with Gasteiger partial charge >= 0.3 is 0 Å². The van der Waals surface area contributed by atoms with Crippen molar-refractivity contribution < 1.29 is 14.3 Å². The van der Waals surface area contributed by atoms with E-state index in [1.54, 1.807) is 21.6 Å². The summed E-state index contributed by atoms with van der Waals surface area (Å²) in [6, 6.07) is 26.5. The number of hydrogen-bond donors (Lipinski definition) is 0. The highest BCUT2D eigenvalue weighted by molar-refractivity contribution is 8.00. The van der Waals surface area contributed by atoms with Gasteiger partial charge in [0.25, 0.3) is 0 Å². The smallest absolute Gasteiger partial charge is 0.242 e. The highest BCUT2D eigenvalue weighted by Gasteiger charge is 2.38. The molecule has 7 nitrogen and oxygen atoms in total. The third kappa shape index (κ3) is 4.93. The summed E-state index contributed by atoms with van der Waals surface area (Å²) in [5, 5.41) is 5.07. The number of carbonyl (C=O) groups is 2. The van der Waals surface area contributed by atoms with Gasteiger partial charge in [-0.3, -0.25) is 14.5 Å². The molecule has 2 amide bonds. The third-order valence-corrected chi connectivity index (χ3v) is 8.84. The molecule has 3 heterocycles. The van der Waals surface area contributed by atoms with Crippen LogP contribution in [0.4, 0.5) is 5.82 Å². The number of thioether (sulfide) groups is 1. The zero-order chi connectivity index (χ0) is 27.6. The summed E-state index contributed by atoms with van der Waals surface area (Å²) in [7, 11) is 0. The van der Waals surface area contributed by atoms with E-state index in [9.17, 15) is 9.59 Å². The molecule has 0 aliphatic carbocycles. The number of rotatable bonds is 5. The van der Waals surface area contributed by atoms with Gasteiger partial charge in [-0.2, -0.15) is 5.10 Å². The van der Waals surface area contributed by atoms with E-state index in [2.05, 4.69) is 31.2 Å². The Kier molecular flexibility index (Phi) is 7.45. The Morgan fingerprint density at radius 3 is 2.33 bits per heavy atom. The average molecular weight is 553 g/mol. The van der Waals surface area contributed by atoms with Gasteiger partial charge in [0, 0.05) is 24.2 Å². The number of aromatic nitrogens is 2. The van der Waals surface area contributed by atoms with Crippen LogP contribution in [0.5, 0.6) is 0 Å². The van der Waals surface area contributed by atoms with Crippen molar-refractivity contribution in [1.82, 2.24) is 14.7 Å². The van der Waals surface area contributed by atoms with Crippen LogP contribution in [-0.2, 0) is 14.3 Å². The zero-order valence-corrected chi connectivity index (χ0v) is 23.6. The molecule has 1 aromatic heterocycles. The number of carbonyl (C=O) groups excluding carboxylic acids is 2. The van der Waals surface area contributed by atoms with Gasteiger partial charge in [0.1, 0.15) is 12.4 Å². The molecule has 2 aliphatic rings. The van der Waals surface area contributed by atoms with Crippen LogP contribution in [0.2, 0.25) is 0 Å². The lowest BCUT2D eigenvalue weighted by molar-refractivity contribution is -0.134. The summed E-state index contributed by atoms with van der Waals surface area (Å²) in [5.74, 6) is 0.739. The minimum Gasteiger partial charge on any atom is -0.378 e. The van der Waals surface area contributed by atoms with Crippen molar-refractivity contribution in [3.8, 4) is 16.9 Å². The van der Waals surface area contributed by atoms with E-state index in [4.69, 9.17) is 9.84 Å². The highest BCUT2D eigenvalue weighted by Crippen LogP contribution is 2.49. The number of benzene rings is 3. The highest BCUT2D eigenvalue weighted by atomic mass is 32.2. The normalized spacial score (nSPS) is 17.4. The van der Waals surface area contributed by atoms with Gasteiger partial charge in [0.05, 0.1) is 35.6 Å². The first kappa shape index (κ1) is 26.3. The van der Waals surface area contributed by atoms with Crippen LogP contribution in [0.25, 0.3) is 16.9 Å². The fraction of sp³-hybridized carbons (Fsp3) is 0.281. The topological polar surface area (TPSA) is 67.7 Å². The van der Waals surface area contributed by atoms with Gasteiger partial charge in [-0.05, 0) is 36.6 Å². The molecule has 6 rings (SSSR count). The van der Waals surface area contributed by atoms with Gasteiger partial charge in [-0.25, -0.2) is 4.68 Å². The molecular formula is C32H32N4O3S. The molecule has 204 valence electrons. The molecular weight excluding hydrogens is 520 g/mol. The Morgan fingerprint density at radius 1 is 0.925 bits per heavy atom. The summed E-state index contributed by atoms with van der Waals surface area (Å²) >= 11 is 1.60. The first-order valence-corrected chi connectivity index (χ1v) is 14.6. The van der Waals surface area contributed by atoms with E-state index in [-0.39, 0.29) is 29.4 Å². The predicted octanol–water partition coefficient (Wildman–Crippen LogP) is 5.18. The van der Waals surface area contributed by atoms with E-state index in [0.29, 0.717) is 32.1 Å². The van der Waals surface area contributed by atoms with Crippen molar-refractivity contribution in [2.24, 2.45) is 0 Å². The number of morpholine rings is 1. The molecule has 1 fully saturated rings. The van der Waals surface area contributed by atoms with Gasteiger partial charge in [0.2, 0.25) is 11.8 Å². The summed E-state index contributed by atoms with van der Waals surface area (Å²) < 4.78 is 7.35. The Bertz CT molecular complexity index is 1550. The number of aryl methyl sites for hydroxylation is 2. The fourth-order valence-corrected chi connectivity index (χ4v) is 6.76. The lowest BCUT2D eigenvalue weighted by Crippen LogP contribution is -2.48. The van der Waals surface area contributed by atoms with E-state index in [1.807, 2.05) is 66.2 Å². The summed E-state index contributed by atoms with van der Waals surface area (Å²) in [5.41, 5.74) is 6.95. The molecule has 4 aromatic rings. The van der Waals surface area contributed by atoms with Gasteiger partial charge < -0.3 is 9.64 Å². The minimum absolute atomic E-state index is 0.0430. The van der Waals surface area contributed by atoms with Crippen LogP contribution in [0.1, 0.15) is 27.5 Å². The SMILES string of the molecule is Cc1ccccc1C1SCC(=O)N(CC(=O)N2CCOCC2)c2c1c(-c1ccccc1)nn2-c1ccccc1C. The molecule has 1 unspecified atom stereocenters. The zero-order valence-electron chi connectivity index (χ0n) is 22.7. The second-order valence-electron chi connectivity index (χ2n) is 10.2. The van der Waals surface area contributed by atoms with Gasteiger partial charge in [0.15, 0.2) is 0 Å². The van der Waals surface area contributed by atoms with E-state index in [0.717, 1.165) is 39.2 Å². The lowest BCUT2D eigenvalue weighted by Gasteiger charge is -2.30. The number of amides is 2. The monoisotopic (exact) mass is 552 g/mol. The van der Waals surface area contributed by atoms with Crippen molar-refractivity contribution in [2.45, 2.75) is 19.1 Å². The Morgan fingerprint density at radius 2 is 1.60 bits per heavy atom. The molecule has 0 bridgehead atoms. The van der Waals surface area contributed by atoms with Crippen LogP contribution >= 0.6 is 11.8 Å². The molecule has 40 heavy (non-hydrogen) atoms. The molecule has 2 aliphatic heterocycles. The van der Waals surface area contributed by atoms with Crippen LogP contribution < -0.4 is 4.90 Å². The molecule has 3 aromatic carbocycles. The lowest BCUT2D eigenvalue weighted by atomic mass is 9.96. The number of anilines is 1. The largest absolute Gasteiger partial charge is 0.378 e. The summed E-state index contributed by atoms with van der Waals surface area (Å²) in [4.78, 5) is 31.0. The quantitative estimate of drug-likeness (QED) is 0.341.